The quantitative estimate of drug-likeness (QED) is 0.833. The van der Waals surface area contributed by atoms with Crippen molar-refractivity contribution in [2.24, 2.45) is 0 Å². The number of carbonyl (C=O) groups excluding carboxylic acids is 1. The molecule has 19 heavy (non-hydrogen) atoms. The maximum Gasteiger partial charge on any atom is 0.242 e. The van der Waals surface area contributed by atoms with Crippen LogP contribution in [0.25, 0.3) is 0 Å². The molecule has 0 radical (unpaired) electrons. The lowest BCUT2D eigenvalue weighted by atomic mass is 10.2. The summed E-state index contributed by atoms with van der Waals surface area (Å²) in [6, 6.07) is 4.15. The van der Waals surface area contributed by atoms with E-state index in [0.29, 0.717) is 5.69 Å². The first-order valence-corrected chi connectivity index (χ1v) is 6.38. The Morgan fingerprint density at radius 1 is 1.42 bits per heavy atom. The van der Waals surface area contributed by atoms with Gasteiger partial charge in [0.15, 0.2) is 11.6 Å². The lowest BCUT2D eigenvalue weighted by molar-refractivity contribution is -0.122. The van der Waals surface area contributed by atoms with Crippen LogP contribution in [0.15, 0.2) is 18.2 Å². The molecule has 0 fully saturated rings. The summed E-state index contributed by atoms with van der Waals surface area (Å²) >= 11 is 0. The van der Waals surface area contributed by atoms with Gasteiger partial charge < -0.3 is 15.4 Å². The Kier molecular flexibility index (Phi) is 5.60. The van der Waals surface area contributed by atoms with Crippen molar-refractivity contribution in [2.75, 3.05) is 12.4 Å². The smallest absolute Gasteiger partial charge is 0.242 e. The molecule has 0 saturated heterocycles. The van der Waals surface area contributed by atoms with Crippen LogP contribution in [-0.4, -0.2) is 25.1 Å². The number of rotatable bonds is 6. The van der Waals surface area contributed by atoms with E-state index in [9.17, 15) is 9.18 Å². The van der Waals surface area contributed by atoms with Gasteiger partial charge >= 0.3 is 0 Å². The van der Waals surface area contributed by atoms with Crippen molar-refractivity contribution in [2.45, 2.75) is 39.3 Å². The maximum absolute atomic E-state index is 13.3. The largest absolute Gasteiger partial charge is 0.494 e. The highest BCUT2D eigenvalue weighted by Gasteiger charge is 2.15. The standard InChI is InChI=1S/C14H21FN2O2/c1-5-9(2)16-14(18)10(3)17-11-6-7-12(15)13(8-11)19-4/h6-10,17H,5H2,1-4H3,(H,16,18). The molecule has 0 aromatic heterocycles. The van der Waals surface area contributed by atoms with Gasteiger partial charge in [0.25, 0.3) is 0 Å². The molecule has 5 heteroatoms. The molecule has 106 valence electrons. The molecular weight excluding hydrogens is 247 g/mol. The number of amides is 1. The van der Waals surface area contributed by atoms with Crippen molar-refractivity contribution in [3.05, 3.63) is 24.0 Å². The second kappa shape index (κ2) is 6.97. The summed E-state index contributed by atoms with van der Waals surface area (Å²) in [6.07, 6.45) is 0.878. The molecule has 4 nitrogen and oxygen atoms in total. The zero-order valence-corrected chi connectivity index (χ0v) is 11.8. The highest BCUT2D eigenvalue weighted by atomic mass is 19.1. The Bertz CT molecular complexity index is 437. The fourth-order valence-electron chi connectivity index (χ4n) is 1.54. The van der Waals surface area contributed by atoms with E-state index in [2.05, 4.69) is 10.6 Å². The van der Waals surface area contributed by atoms with Crippen molar-refractivity contribution in [1.82, 2.24) is 5.32 Å². The van der Waals surface area contributed by atoms with E-state index in [0.717, 1.165) is 6.42 Å². The highest BCUT2D eigenvalue weighted by Crippen LogP contribution is 2.21. The number of hydrogen-bond donors (Lipinski definition) is 2. The van der Waals surface area contributed by atoms with E-state index in [-0.39, 0.29) is 17.7 Å². The van der Waals surface area contributed by atoms with Crippen LogP contribution < -0.4 is 15.4 Å². The van der Waals surface area contributed by atoms with Crippen LogP contribution in [0, 0.1) is 5.82 Å². The molecule has 0 heterocycles. The first-order valence-electron chi connectivity index (χ1n) is 6.38. The first kappa shape index (κ1) is 15.3. The van der Waals surface area contributed by atoms with Gasteiger partial charge in [-0.2, -0.15) is 0 Å². The van der Waals surface area contributed by atoms with Gasteiger partial charge in [-0.25, -0.2) is 4.39 Å². The lowest BCUT2D eigenvalue weighted by Gasteiger charge is -2.18. The molecule has 0 aliphatic heterocycles. The molecule has 0 spiro atoms. The van der Waals surface area contributed by atoms with Crippen molar-refractivity contribution in [3.63, 3.8) is 0 Å². The van der Waals surface area contributed by atoms with Crippen LogP contribution >= 0.6 is 0 Å². The number of methoxy groups -OCH3 is 1. The third kappa shape index (κ3) is 4.43. The molecule has 2 N–H and O–H groups in total. The Labute approximate surface area is 113 Å². The highest BCUT2D eigenvalue weighted by molar-refractivity contribution is 5.84. The Balaban J connectivity index is 2.66. The number of halogens is 1. The summed E-state index contributed by atoms with van der Waals surface area (Å²) < 4.78 is 18.1. The van der Waals surface area contributed by atoms with Gasteiger partial charge in [0, 0.05) is 17.8 Å². The van der Waals surface area contributed by atoms with Crippen molar-refractivity contribution in [1.29, 1.82) is 0 Å². The van der Waals surface area contributed by atoms with Crippen LogP contribution in [0.4, 0.5) is 10.1 Å². The van der Waals surface area contributed by atoms with Gasteiger partial charge in [-0.05, 0) is 32.4 Å². The van der Waals surface area contributed by atoms with E-state index in [1.165, 1.54) is 19.2 Å². The van der Waals surface area contributed by atoms with Crippen LogP contribution in [-0.2, 0) is 4.79 Å². The maximum atomic E-state index is 13.3. The Morgan fingerprint density at radius 3 is 2.68 bits per heavy atom. The van der Waals surface area contributed by atoms with Crippen LogP contribution in [0.2, 0.25) is 0 Å². The van der Waals surface area contributed by atoms with E-state index in [4.69, 9.17) is 4.74 Å². The number of hydrogen-bond acceptors (Lipinski definition) is 3. The summed E-state index contributed by atoms with van der Waals surface area (Å²) in [4.78, 5) is 11.9. The van der Waals surface area contributed by atoms with Crippen molar-refractivity contribution < 1.29 is 13.9 Å². The number of carbonyl (C=O) groups is 1. The van der Waals surface area contributed by atoms with E-state index in [1.807, 2.05) is 13.8 Å². The first-order chi connectivity index (χ1) is 8.97. The van der Waals surface area contributed by atoms with Gasteiger partial charge in [-0.3, -0.25) is 4.79 Å². The minimum atomic E-state index is -0.426. The van der Waals surface area contributed by atoms with Crippen LogP contribution in [0.3, 0.4) is 0 Å². The zero-order valence-electron chi connectivity index (χ0n) is 11.8. The number of anilines is 1. The number of nitrogens with one attached hydrogen (secondary N) is 2. The van der Waals surface area contributed by atoms with E-state index < -0.39 is 11.9 Å². The molecule has 2 unspecified atom stereocenters. The van der Waals surface area contributed by atoms with E-state index in [1.54, 1.807) is 13.0 Å². The third-order valence-electron chi connectivity index (χ3n) is 2.93. The van der Waals surface area contributed by atoms with E-state index >= 15 is 0 Å². The minimum Gasteiger partial charge on any atom is -0.494 e. The van der Waals surface area contributed by atoms with Gasteiger partial charge in [-0.15, -0.1) is 0 Å². The molecule has 2 atom stereocenters. The predicted molar refractivity (Wildman–Crippen MR) is 73.9 cm³/mol. The van der Waals surface area contributed by atoms with Crippen LogP contribution in [0.1, 0.15) is 27.2 Å². The molecule has 1 aromatic carbocycles. The molecule has 0 aliphatic carbocycles. The Hall–Kier alpha value is -1.78. The fraction of sp³-hybridized carbons (Fsp3) is 0.500. The molecule has 0 bridgehead atoms. The number of ether oxygens (including phenoxy) is 1. The Morgan fingerprint density at radius 2 is 2.11 bits per heavy atom. The minimum absolute atomic E-state index is 0.0855. The molecule has 1 amide bonds. The molecule has 1 aromatic rings. The van der Waals surface area contributed by atoms with Gasteiger partial charge in [0.05, 0.1) is 7.11 Å². The molecule has 1 rings (SSSR count). The molecule has 0 aliphatic rings. The summed E-state index contributed by atoms with van der Waals surface area (Å²) in [5, 5.41) is 5.90. The second-order valence-electron chi connectivity index (χ2n) is 4.53. The molecule has 0 saturated carbocycles. The second-order valence-corrected chi connectivity index (χ2v) is 4.53. The van der Waals surface area contributed by atoms with Gasteiger partial charge in [0.1, 0.15) is 6.04 Å². The normalized spacial score (nSPS) is 13.5. The summed E-state index contributed by atoms with van der Waals surface area (Å²) in [5.74, 6) is -0.359. The van der Waals surface area contributed by atoms with Crippen LogP contribution in [0.5, 0.6) is 5.75 Å². The fourth-order valence-corrected chi connectivity index (χ4v) is 1.54. The number of benzene rings is 1. The van der Waals surface area contributed by atoms with Crippen molar-refractivity contribution >= 4 is 11.6 Å². The topological polar surface area (TPSA) is 50.4 Å². The SMILES string of the molecule is CCC(C)NC(=O)C(C)Nc1ccc(F)c(OC)c1. The van der Waals surface area contributed by atoms with Crippen molar-refractivity contribution in [3.8, 4) is 5.75 Å². The summed E-state index contributed by atoms with van der Waals surface area (Å²) in [6.45, 7) is 5.72. The predicted octanol–water partition coefficient (Wildman–Crippen LogP) is 2.55. The average Bonchev–Trinajstić information content (AvgIpc) is 2.40. The third-order valence-corrected chi connectivity index (χ3v) is 2.93. The lowest BCUT2D eigenvalue weighted by Crippen LogP contribution is -2.41. The monoisotopic (exact) mass is 268 g/mol. The van der Waals surface area contributed by atoms with Gasteiger partial charge in [0.2, 0.25) is 5.91 Å². The summed E-state index contributed by atoms with van der Waals surface area (Å²) in [7, 11) is 1.40. The molecular formula is C14H21FN2O2. The zero-order chi connectivity index (χ0) is 14.4. The van der Waals surface area contributed by atoms with Gasteiger partial charge in [-0.1, -0.05) is 6.92 Å². The average molecular weight is 268 g/mol. The summed E-state index contributed by atoms with van der Waals surface area (Å²) in [5.41, 5.74) is 0.644.